The van der Waals surface area contributed by atoms with E-state index in [4.69, 9.17) is 9.47 Å². The number of nitrogens with one attached hydrogen (secondary N) is 1. The molecule has 0 radical (unpaired) electrons. The zero-order valence-corrected chi connectivity index (χ0v) is 16.6. The first-order valence-electron chi connectivity index (χ1n) is 8.86. The number of hydrogen-bond donors (Lipinski definition) is 1. The molecule has 2 rings (SSSR count). The van der Waals surface area contributed by atoms with E-state index < -0.39 is 21.6 Å². The Balaban J connectivity index is 2.03. The molecule has 26 heavy (non-hydrogen) atoms. The molecule has 0 aromatic heterocycles. The predicted octanol–water partition coefficient (Wildman–Crippen LogP) is 0.585. The van der Waals surface area contributed by atoms with Gasteiger partial charge in [-0.25, -0.2) is 17.5 Å². The van der Waals surface area contributed by atoms with Crippen LogP contribution in [0.2, 0.25) is 0 Å². The predicted molar refractivity (Wildman–Crippen MR) is 95.9 cm³/mol. The van der Waals surface area contributed by atoms with E-state index in [-0.39, 0.29) is 37.9 Å². The Morgan fingerprint density at radius 1 is 1.35 bits per heavy atom. The van der Waals surface area contributed by atoms with E-state index in [0.29, 0.717) is 30.7 Å². The molecular weight excluding hydrogens is 360 g/mol. The van der Waals surface area contributed by atoms with Crippen LogP contribution in [0.5, 0.6) is 0 Å². The maximum atomic E-state index is 12.7. The van der Waals surface area contributed by atoms with Crippen molar-refractivity contribution in [3.8, 4) is 0 Å². The van der Waals surface area contributed by atoms with Gasteiger partial charge >= 0.3 is 5.97 Å². The Morgan fingerprint density at radius 2 is 1.96 bits per heavy atom. The summed E-state index contributed by atoms with van der Waals surface area (Å²) in [5.41, 5.74) is -0.393. The molecule has 0 bridgehead atoms. The summed E-state index contributed by atoms with van der Waals surface area (Å²) in [6.07, 6.45) is 2.52. The summed E-state index contributed by atoms with van der Waals surface area (Å²) in [4.78, 5) is 24.8. The average molecular weight is 388 g/mol. The lowest BCUT2D eigenvalue weighted by molar-refractivity contribution is -0.150. The highest BCUT2D eigenvalue weighted by atomic mass is 32.2. The van der Waals surface area contributed by atoms with Crippen LogP contribution in [0.25, 0.3) is 0 Å². The monoisotopic (exact) mass is 388 g/mol. The fourth-order valence-electron chi connectivity index (χ4n) is 3.34. The van der Waals surface area contributed by atoms with Gasteiger partial charge in [-0.15, -0.1) is 0 Å². The van der Waals surface area contributed by atoms with Crippen molar-refractivity contribution in [2.75, 3.05) is 32.5 Å². The van der Waals surface area contributed by atoms with Gasteiger partial charge in [0, 0.05) is 44.7 Å². The molecule has 1 N–H and O–H groups in total. The summed E-state index contributed by atoms with van der Waals surface area (Å²) in [5.74, 6) is -0.836. The second kappa shape index (κ2) is 8.06. The fraction of sp³-hybridized carbons (Fsp3) is 0.765. The highest BCUT2D eigenvalue weighted by Crippen LogP contribution is 2.41. The second-order valence-electron chi connectivity index (χ2n) is 7.07. The van der Waals surface area contributed by atoms with E-state index in [9.17, 15) is 18.0 Å². The topological polar surface area (TPSA) is 102 Å². The van der Waals surface area contributed by atoms with Gasteiger partial charge in [-0.2, -0.15) is 0 Å². The van der Waals surface area contributed by atoms with Crippen molar-refractivity contribution in [3.63, 3.8) is 0 Å². The molecule has 0 aromatic carbocycles. The standard InChI is InChI=1S/C17H28N2O6S/c1-12(2)24-11-5-8-18-15(20)14-13(3)16(21)25-17(14)6-9-19(10-7-17)26(4,22)23/h12H,5-11H2,1-4H3,(H,18,20). The highest BCUT2D eigenvalue weighted by Gasteiger charge is 2.51. The molecule has 9 heteroatoms. The van der Waals surface area contributed by atoms with Crippen LogP contribution in [0.3, 0.4) is 0 Å². The van der Waals surface area contributed by atoms with Crippen molar-refractivity contribution in [1.82, 2.24) is 9.62 Å². The molecular formula is C17H28N2O6S. The zero-order valence-electron chi connectivity index (χ0n) is 15.8. The SMILES string of the molecule is CC1=C(C(=O)NCCCOC(C)C)C2(CCN(S(C)(=O)=O)CC2)OC1=O. The summed E-state index contributed by atoms with van der Waals surface area (Å²) in [6, 6.07) is 0. The van der Waals surface area contributed by atoms with E-state index >= 15 is 0 Å². The molecule has 2 heterocycles. The van der Waals surface area contributed by atoms with Gasteiger partial charge in [0.05, 0.1) is 17.9 Å². The van der Waals surface area contributed by atoms with Gasteiger partial charge in [-0.05, 0) is 27.2 Å². The van der Waals surface area contributed by atoms with Crippen molar-refractivity contribution in [2.45, 2.75) is 51.7 Å². The van der Waals surface area contributed by atoms with Gasteiger partial charge < -0.3 is 14.8 Å². The van der Waals surface area contributed by atoms with E-state index in [2.05, 4.69) is 5.32 Å². The van der Waals surface area contributed by atoms with Crippen molar-refractivity contribution < 1.29 is 27.5 Å². The molecule has 0 saturated carbocycles. The van der Waals surface area contributed by atoms with Gasteiger partial charge in [0.1, 0.15) is 5.60 Å². The summed E-state index contributed by atoms with van der Waals surface area (Å²) >= 11 is 0. The zero-order chi connectivity index (χ0) is 19.5. The number of piperidine rings is 1. The van der Waals surface area contributed by atoms with Crippen LogP contribution in [0, 0.1) is 0 Å². The lowest BCUT2D eigenvalue weighted by Crippen LogP contribution is -2.50. The summed E-state index contributed by atoms with van der Waals surface area (Å²) in [5, 5.41) is 2.82. The number of rotatable bonds is 7. The third kappa shape index (κ3) is 4.63. The van der Waals surface area contributed by atoms with Crippen LogP contribution in [-0.4, -0.2) is 68.8 Å². The maximum absolute atomic E-state index is 12.7. The summed E-state index contributed by atoms with van der Waals surface area (Å²) < 4.78 is 35.7. The van der Waals surface area contributed by atoms with Crippen LogP contribution in [0.15, 0.2) is 11.1 Å². The fourth-order valence-corrected chi connectivity index (χ4v) is 4.18. The van der Waals surface area contributed by atoms with Gasteiger partial charge in [-0.1, -0.05) is 0 Å². The lowest BCUT2D eigenvalue weighted by atomic mass is 9.83. The molecule has 1 fully saturated rings. The van der Waals surface area contributed by atoms with E-state index in [1.54, 1.807) is 6.92 Å². The van der Waals surface area contributed by atoms with E-state index in [0.717, 1.165) is 6.26 Å². The van der Waals surface area contributed by atoms with Gasteiger partial charge in [0.25, 0.3) is 5.91 Å². The smallest absolute Gasteiger partial charge is 0.335 e. The van der Waals surface area contributed by atoms with Crippen molar-refractivity contribution in [2.24, 2.45) is 0 Å². The largest absolute Gasteiger partial charge is 0.450 e. The minimum atomic E-state index is -3.30. The summed E-state index contributed by atoms with van der Waals surface area (Å²) in [6.45, 7) is 6.89. The Bertz CT molecular complexity index is 690. The number of nitrogens with zero attached hydrogens (tertiary/aromatic N) is 1. The third-order valence-corrected chi connectivity index (χ3v) is 6.01. The Hall–Kier alpha value is -1.45. The first-order chi connectivity index (χ1) is 12.1. The number of carbonyl (C=O) groups is 2. The third-order valence-electron chi connectivity index (χ3n) is 4.71. The van der Waals surface area contributed by atoms with Crippen LogP contribution >= 0.6 is 0 Å². The average Bonchev–Trinajstić information content (AvgIpc) is 2.76. The Labute approximate surface area is 154 Å². The number of esters is 1. The molecule has 0 atom stereocenters. The van der Waals surface area contributed by atoms with Crippen molar-refractivity contribution in [3.05, 3.63) is 11.1 Å². The molecule has 1 saturated heterocycles. The first kappa shape index (κ1) is 20.9. The Morgan fingerprint density at radius 3 is 2.50 bits per heavy atom. The summed E-state index contributed by atoms with van der Waals surface area (Å²) in [7, 11) is -3.30. The normalized spacial score (nSPS) is 20.7. The molecule has 148 valence electrons. The van der Waals surface area contributed by atoms with Gasteiger partial charge in [0.2, 0.25) is 10.0 Å². The molecule has 0 aliphatic carbocycles. The van der Waals surface area contributed by atoms with Crippen molar-refractivity contribution >= 4 is 21.9 Å². The lowest BCUT2D eigenvalue weighted by Gasteiger charge is -2.38. The molecule has 2 aliphatic rings. The number of sulfonamides is 1. The van der Waals surface area contributed by atoms with Crippen LogP contribution in [0.1, 0.15) is 40.0 Å². The van der Waals surface area contributed by atoms with E-state index in [1.165, 1.54) is 4.31 Å². The number of ether oxygens (including phenoxy) is 2. The van der Waals surface area contributed by atoms with Crippen LogP contribution in [0.4, 0.5) is 0 Å². The van der Waals surface area contributed by atoms with Gasteiger partial charge in [0.15, 0.2) is 0 Å². The molecule has 1 amide bonds. The number of carbonyl (C=O) groups excluding carboxylic acids is 2. The molecule has 2 aliphatic heterocycles. The van der Waals surface area contributed by atoms with Crippen LogP contribution in [-0.2, 0) is 29.1 Å². The molecule has 0 unspecified atom stereocenters. The molecule has 8 nitrogen and oxygen atoms in total. The van der Waals surface area contributed by atoms with Gasteiger partial charge in [-0.3, -0.25) is 4.79 Å². The maximum Gasteiger partial charge on any atom is 0.335 e. The quantitative estimate of drug-likeness (QED) is 0.506. The van der Waals surface area contributed by atoms with Crippen molar-refractivity contribution in [1.29, 1.82) is 0 Å². The highest BCUT2D eigenvalue weighted by molar-refractivity contribution is 7.88. The molecule has 1 spiro atoms. The Kier molecular flexibility index (Phi) is 6.46. The minimum Gasteiger partial charge on any atom is -0.450 e. The number of hydrogen-bond acceptors (Lipinski definition) is 6. The molecule has 0 aromatic rings. The van der Waals surface area contributed by atoms with Crippen LogP contribution < -0.4 is 5.32 Å². The number of amides is 1. The second-order valence-corrected chi connectivity index (χ2v) is 9.06. The van der Waals surface area contributed by atoms with E-state index in [1.807, 2.05) is 13.8 Å². The first-order valence-corrected chi connectivity index (χ1v) is 10.7. The minimum absolute atomic E-state index is 0.139.